The van der Waals surface area contributed by atoms with Crippen molar-refractivity contribution in [1.82, 2.24) is 15.2 Å². The van der Waals surface area contributed by atoms with Gasteiger partial charge in [-0.1, -0.05) is 17.8 Å². The predicted molar refractivity (Wildman–Crippen MR) is 129 cm³/mol. The summed E-state index contributed by atoms with van der Waals surface area (Å²) in [5.74, 6) is 1.67. The van der Waals surface area contributed by atoms with Gasteiger partial charge < -0.3 is 19.2 Å². The number of carbonyl (C=O) groups is 1. The monoisotopic (exact) mass is 482 g/mol. The van der Waals surface area contributed by atoms with Crippen LogP contribution in [0.3, 0.4) is 0 Å². The minimum atomic E-state index is -0.214. The standard InChI is InChI=1S/C23H22N4O4S2/c1-13-5-6-15(9-14(13)2)21-26-27-23(31-21)33-12-20(28)25-22-24-18(11-32-22)17-8-7-16(29-3)10-19(17)30-4/h5-11H,12H2,1-4H3,(H,24,25,28). The van der Waals surface area contributed by atoms with Crippen molar-refractivity contribution in [2.45, 2.75) is 19.1 Å². The molecule has 0 saturated heterocycles. The molecule has 0 radical (unpaired) electrons. The summed E-state index contributed by atoms with van der Waals surface area (Å²) in [6.07, 6.45) is 0. The van der Waals surface area contributed by atoms with Gasteiger partial charge in [0, 0.05) is 22.6 Å². The van der Waals surface area contributed by atoms with Gasteiger partial charge in [-0.15, -0.1) is 21.5 Å². The lowest BCUT2D eigenvalue weighted by Gasteiger charge is -2.08. The van der Waals surface area contributed by atoms with E-state index in [0.717, 1.165) is 16.7 Å². The van der Waals surface area contributed by atoms with E-state index in [4.69, 9.17) is 13.9 Å². The molecule has 0 atom stereocenters. The number of aromatic nitrogens is 3. The summed E-state index contributed by atoms with van der Waals surface area (Å²) < 4.78 is 16.4. The number of nitrogens with one attached hydrogen (secondary N) is 1. The molecular formula is C23H22N4O4S2. The molecule has 0 aliphatic rings. The Bertz CT molecular complexity index is 1290. The zero-order valence-corrected chi connectivity index (χ0v) is 20.2. The molecule has 8 nitrogen and oxygen atoms in total. The second kappa shape index (κ2) is 10.1. The van der Waals surface area contributed by atoms with Crippen LogP contribution >= 0.6 is 23.1 Å². The van der Waals surface area contributed by atoms with Crippen molar-refractivity contribution in [3.63, 3.8) is 0 Å². The van der Waals surface area contributed by atoms with Gasteiger partial charge in [-0.05, 0) is 49.2 Å². The molecular weight excluding hydrogens is 460 g/mol. The molecule has 2 aromatic heterocycles. The first-order valence-corrected chi connectivity index (χ1v) is 11.8. The first-order chi connectivity index (χ1) is 16.0. The van der Waals surface area contributed by atoms with Crippen LogP contribution in [0.5, 0.6) is 11.5 Å². The molecule has 0 aliphatic heterocycles. The largest absolute Gasteiger partial charge is 0.497 e. The third-order valence-electron chi connectivity index (χ3n) is 4.92. The first-order valence-electron chi connectivity index (χ1n) is 9.98. The van der Waals surface area contributed by atoms with Crippen molar-refractivity contribution in [3.05, 3.63) is 52.9 Å². The van der Waals surface area contributed by atoms with Gasteiger partial charge in [-0.25, -0.2) is 4.98 Å². The summed E-state index contributed by atoms with van der Waals surface area (Å²) in [6.45, 7) is 4.08. The summed E-state index contributed by atoms with van der Waals surface area (Å²) in [5.41, 5.74) is 4.72. The first kappa shape index (κ1) is 22.8. The third kappa shape index (κ3) is 5.35. The molecule has 2 heterocycles. The number of hydrogen-bond acceptors (Lipinski definition) is 9. The Morgan fingerprint density at radius 2 is 1.94 bits per heavy atom. The fourth-order valence-corrected chi connectivity index (χ4v) is 4.30. The molecule has 1 amide bonds. The fourth-order valence-electron chi connectivity index (χ4n) is 3.01. The number of amides is 1. The number of hydrogen-bond donors (Lipinski definition) is 1. The van der Waals surface area contributed by atoms with Crippen molar-refractivity contribution in [1.29, 1.82) is 0 Å². The molecule has 0 unspecified atom stereocenters. The van der Waals surface area contributed by atoms with E-state index in [2.05, 4.69) is 20.5 Å². The molecule has 2 aromatic carbocycles. The van der Waals surface area contributed by atoms with Gasteiger partial charge in [0.05, 0.1) is 25.7 Å². The van der Waals surface area contributed by atoms with Gasteiger partial charge in [0.25, 0.3) is 5.22 Å². The maximum Gasteiger partial charge on any atom is 0.277 e. The average Bonchev–Trinajstić information content (AvgIpc) is 3.49. The second-order valence-corrected chi connectivity index (χ2v) is 8.90. The van der Waals surface area contributed by atoms with E-state index in [0.29, 0.717) is 33.4 Å². The van der Waals surface area contributed by atoms with E-state index in [9.17, 15) is 4.79 Å². The minimum absolute atomic E-state index is 0.120. The normalized spacial score (nSPS) is 10.8. The number of nitrogens with zero attached hydrogens (tertiary/aromatic N) is 3. The number of rotatable bonds is 8. The number of thiazole rings is 1. The topological polar surface area (TPSA) is 99.4 Å². The molecule has 0 saturated carbocycles. The minimum Gasteiger partial charge on any atom is -0.497 e. The highest BCUT2D eigenvalue weighted by molar-refractivity contribution is 7.99. The van der Waals surface area contributed by atoms with Gasteiger partial charge in [-0.3, -0.25) is 4.79 Å². The number of carbonyl (C=O) groups excluding carboxylic acids is 1. The van der Waals surface area contributed by atoms with Gasteiger partial charge in [0.1, 0.15) is 11.5 Å². The quantitative estimate of drug-likeness (QED) is 0.341. The summed E-state index contributed by atoms with van der Waals surface area (Å²) >= 11 is 2.51. The number of methoxy groups -OCH3 is 2. The number of ether oxygens (including phenoxy) is 2. The summed E-state index contributed by atoms with van der Waals surface area (Å²) in [6, 6.07) is 11.5. The Labute approximate surface area is 199 Å². The molecule has 170 valence electrons. The molecule has 4 rings (SSSR count). The summed E-state index contributed by atoms with van der Waals surface area (Å²) in [7, 11) is 3.19. The molecule has 4 aromatic rings. The van der Waals surface area contributed by atoms with Crippen LogP contribution in [0.25, 0.3) is 22.7 Å². The Balaban J connectivity index is 1.36. The van der Waals surface area contributed by atoms with E-state index < -0.39 is 0 Å². The van der Waals surface area contributed by atoms with Gasteiger partial charge in [-0.2, -0.15) is 0 Å². The smallest absolute Gasteiger partial charge is 0.277 e. The van der Waals surface area contributed by atoms with Crippen LogP contribution in [-0.4, -0.2) is 41.1 Å². The molecule has 0 aliphatic carbocycles. The average molecular weight is 483 g/mol. The Morgan fingerprint density at radius 1 is 1.09 bits per heavy atom. The predicted octanol–water partition coefficient (Wildman–Crippen LogP) is 5.22. The Kier molecular flexibility index (Phi) is 6.95. The molecule has 0 bridgehead atoms. The number of thioether (sulfide) groups is 1. The second-order valence-electron chi connectivity index (χ2n) is 7.11. The maximum atomic E-state index is 12.4. The van der Waals surface area contributed by atoms with Crippen LogP contribution in [0.2, 0.25) is 0 Å². The van der Waals surface area contributed by atoms with E-state index in [1.165, 1.54) is 28.7 Å². The van der Waals surface area contributed by atoms with Crippen LogP contribution < -0.4 is 14.8 Å². The van der Waals surface area contributed by atoms with Crippen LogP contribution in [0.15, 0.2) is 51.4 Å². The van der Waals surface area contributed by atoms with Crippen LogP contribution in [0.1, 0.15) is 11.1 Å². The SMILES string of the molecule is COc1ccc(-c2csc(NC(=O)CSc3nnc(-c4ccc(C)c(C)c4)o3)n2)c(OC)c1. The van der Waals surface area contributed by atoms with E-state index >= 15 is 0 Å². The van der Waals surface area contributed by atoms with Crippen molar-refractivity contribution in [2.75, 3.05) is 25.3 Å². The third-order valence-corrected chi connectivity index (χ3v) is 6.50. The van der Waals surface area contributed by atoms with Gasteiger partial charge >= 0.3 is 0 Å². The van der Waals surface area contributed by atoms with Crippen LogP contribution in [-0.2, 0) is 4.79 Å². The van der Waals surface area contributed by atoms with Crippen molar-refractivity contribution in [3.8, 4) is 34.2 Å². The molecule has 0 spiro atoms. The van der Waals surface area contributed by atoms with Gasteiger partial charge in [0.2, 0.25) is 11.8 Å². The number of benzene rings is 2. The Hall–Kier alpha value is -3.37. The lowest BCUT2D eigenvalue weighted by atomic mass is 10.1. The summed E-state index contributed by atoms with van der Waals surface area (Å²) in [4.78, 5) is 16.9. The maximum absolute atomic E-state index is 12.4. The molecule has 0 fully saturated rings. The highest BCUT2D eigenvalue weighted by Crippen LogP contribution is 2.35. The lowest BCUT2D eigenvalue weighted by molar-refractivity contribution is -0.113. The van der Waals surface area contributed by atoms with Crippen molar-refractivity contribution >= 4 is 34.1 Å². The Morgan fingerprint density at radius 3 is 2.70 bits per heavy atom. The molecule has 33 heavy (non-hydrogen) atoms. The van der Waals surface area contributed by atoms with E-state index in [1.807, 2.05) is 49.6 Å². The highest BCUT2D eigenvalue weighted by atomic mass is 32.2. The zero-order chi connectivity index (χ0) is 23.4. The van der Waals surface area contributed by atoms with E-state index in [-0.39, 0.29) is 11.7 Å². The molecule has 1 N–H and O–H groups in total. The molecule has 10 heteroatoms. The number of aryl methyl sites for hydroxylation is 2. The van der Waals surface area contributed by atoms with Crippen LogP contribution in [0.4, 0.5) is 5.13 Å². The van der Waals surface area contributed by atoms with Gasteiger partial charge in [0.15, 0.2) is 5.13 Å². The zero-order valence-electron chi connectivity index (χ0n) is 18.5. The summed E-state index contributed by atoms with van der Waals surface area (Å²) in [5, 5.41) is 13.6. The fraction of sp³-hybridized carbons (Fsp3) is 0.217. The highest BCUT2D eigenvalue weighted by Gasteiger charge is 2.15. The number of anilines is 1. The lowest BCUT2D eigenvalue weighted by Crippen LogP contribution is -2.13. The van der Waals surface area contributed by atoms with Crippen molar-refractivity contribution in [2.24, 2.45) is 0 Å². The van der Waals surface area contributed by atoms with Crippen LogP contribution in [0, 0.1) is 13.8 Å². The van der Waals surface area contributed by atoms with Crippen molar-refractivity contribution < 1.29 is 18.7 Å². The van der Waals surface area contributed by atoms with E-state index in [1.54, 1.807) is 20.3 Å².